The Morgan fingerprint density at radius 1 is 1.38 bits per heavy atom. The molecule has 0 aromatic carbocycles. The highest BCUT2D eigenvalue weighted by atomic mass is 16.5. The van der Waals surface area contributed by atoms with E-state index < -0.39 is 0 Å². The Labute approximate surface area is 152 Å². The molecule has 9 nitrogen and oxygen atoms in total. The van der Waals surface area contributed by atoms with Gasteiger partial charge >= 0.3 is 0 Å². The first-order valence-corrected chi connectivity index (χ1v) is 8.62. The SMILES string of the molecule is CN/C=C(\C=N)c1cnc(Nc2cc(C)on2)nc1NC1CCNCC1. The number of nitrogens with one attached hydrogen (secondary N) is 5. The summed E-state index contributed by atoms with van der Waals surface area (Å²) < 4.78 is 5.06. The van der Waals surface area contributed by atoms with E-state index in [0.717, 1.165) is 31.5 Å². The molecular weight excluding hydrogens is 332 g/mol. The Morgan fingerprint density at radius 3 is 2.85 bits per heavy atom. The van der Waals surface area contributed by atoms with Crippen molar-refractivity contribution in [2.75, 3.05) is 30.8 Å². The van der Waals surface area contributed by atoms with Crippen LogP contribution < -0.4 is 21.3 Å². The van der Waals surface area contributed by atoms with E-state index in [1.807, 2.05) is 6.92 Å². The molecule has 0 unspecified atom stereocenters. The fraction of sp³-hybridized carbons (Fsp3) is 0.412. The summed E-state index contributed by atoms with van der Waals surface area (Å²) in [5.41, 5.74) is 1.47. The van der Waals surface area contributed by atoms with Crippen LogP contribution in [0.25, 0.3) is 5.57 Å². The zero-order valence-electron chi connectivity index (χ0n) is 15.0. The van der Waals surface area contributed by atoms with Gasteiger partial charge in [-0.3, -0.25) is 0 Å². The fourth-order valence-electron chi connectivity index (χ4n) is 2.82. The van der Waals surface area contributed by atoms with Gasteiger partial charge in [0, 0.05) is 48.9 Å². The van der Waals surface area contributed by atoms with Gasteiger partial charge in [-0.25, -0.2) is 4.98 Å². The minimum atomic E-state index is 0.327. The van der Waals surface area contributed by atoms with E-state index in [1.54, 1.807) is 25.5 Å². The molecule has 9 heteroatoms. The minimum absolute atomic E-state index is 0.327. The molecule has 0 saturated carbocycles. The second-order valence-electron chi connectivity index (χ2n) is 6.10. The highest BCUT2D eigenvalue weighted by Crippen LogP contribution is 2.24. The third-order valence-corrected chi connectivity index (χ3v) is 4.10. The van der Waals surface area contributed by atoms with E-state index in [2.05, 4.69) is 36.4 Å². The number of anilines is 3. The second-order valence-corrected chi connectivity index (χ2v) is 6.10. The lowest BCUT2D eigenvalue weighted by Crippen LogP contribution is -2.35. The summed E-state index contributed by atoms with van der Waals surface area (Å²) >= 11 is 0. The van der Waals surface area contributed by atoms with Gasteiger partial charge in [0.05, 0.1) is 0 Å². The van der Waals surface area contributed by atoms with Crippen LogP contribution in [0.2, 0.25) is 0 Å². The van der Waals surface area contributed by atoms with Crippen LogP contribution >= 0.6 is 0 Å². The fourth-order valence-corrected chi connectivity index (χ4v) is 2.82. The lowest BCUT2D eigenvalue weighted by Gasteiger charge is -2.25. The number of hydrogen-bond acceptors (Lipinski definition) is 9. The van der Waals surface area contributed by atoms with Gasteiger partial charge in [0.2, 0.25) is 5.95 Å². The zero-order valence-corrected chi connectivity index (χ0v) is 15.0. The lowest BCUT2D eigenvalue weighted by molar-refractivity contribution is 0.400. The van der Waals surface area contributed by atoms with Crippen molar-refractivity contribution in [3.63, 3.8) is 0 Å². The summed E-state index contributed by atoms with van der Waals surface area (Å²) in [5.74, 6) is 2.38. The number of allylic oxidation sites excluding steroid dienone is 1. The first-order chi connectivity index (χ1) is 12.7. The van der Waals surface area contributed by atoms with Crippen molar-refractivity contribution in [2.45, 2.75) is 25.8 Å². The summed E-state index contributed by atoms with van der Waals surface area (Å²) in [4.78, 5) is 8.97. The predicted molar refractivity (Wildman–Crippen MR) is 102 cm³/mol. The molecule has 3 rings (SSSR count). The van der Waals surface area contributed by atoms with E-state index in [-0.39, 0.29) is 0 Å². The molecule has 1 aliphatic heterocycles. The maximum atomic E-state index is 7.69. The molecule has 26 heavy (non-hydrogen) atoms. The number of nitrogens with zero attached hydrogens (tertiary/aromatic N) is 3. The van der Waals surface area contributed by atoms with Gasteiger partial charge in [0.25, 0.3) is 0 Å². The molecule has 0 spiro atoms. The van der Waals surface area contributed by atoms with Gasteiger partial charge in [0.15, 0.2) is 5.82 Å². The van der Waals surface area contributed by atoms with Gasteiger partial charge in [0.1, 0.15) is 11.6 Å². The van der Waals surface area contributed by atoms with Gasteiger partial charge in [-0.1, -0.05) is 5.16 Å². The van der Waals surface area contributed by atoms with Gasteiger partial charge in [-0.15, -0.1) is 0 Å². The molecule has 2 aromatic heterocycles. The molecule has 0 atom stereocenters. The lowest BCUT2D eigenvalue weighted by atomic mass is 10.1. The zero-order chi connectivity index (χ0) is 18.4. The van der Waals surface area contributed by atoms with E-state index in [9.17, 15) is 0 Å². The molecule has 5 N–H and O–H groups in total. The standard InChI is InChI=1S/C17H24N8O/c1-11-7-15(25-26-11)23-17-21-10-14(12(8-18)9-19-2)16(24-17)22-13-3-5-20-6-4-13/h7-10,13,18-20H,3-6H2,1-2H3,(H2,21,22,23,24,25)/b12-9+,18-8?. The topological polar surface area (TPSA) is 124 Å². The quantitative estimate of drug-likeness (QED) is 0.477. The van der Waals surface area contributed by atoms with E-state index in [1.165, 1.54) is 6.21 Å². The smallest absolute Gasteiger partial charge is 0.230 e. The molecule has 1 fully saturated rings. The maximum Gasteiger partial charge on any atom is 0.230 e. The average Bonchev–Trinajstić information content (AvgIpc) is 3.06. The Hall–Kier alpha value is -2.94. The summed E-state index contributed by atoms with van der Waals surface area (Å²) in [6.07, 6.45) is 6.79. The molecule has 2 aromatic rings. The summed E-state index contributed by atoms with van der Waals surface area (Å²) in [5, 5.41) is 24.5. The minimum Gasteiger partial charge on any atom is -0.393 e. The molecule has 1 aliphatic rings. The Balaban J connectivity index is 1.89. The van der Waals surface area contributed by atoms with Gasteiger partial charge in [-0.2, -0.15) is 4.98 Å². The molecule has 0 bridgehead atoms. The van der Waals surface area contributed by atoms with Crippen LogP contribution in [-0.4, -0.2) is 47.5 Å². The monoisotopic (exact) mass is 356 g/mol. The molecule has 3 heterocycles. The van der Waals surface area contributed by atoms with Crippen molar-refractivity contribution in [2.24, 2.45) is 0 Å². The third kappa shape index (κ3) is 4.37. The Morgan fingerprint density at radius 2 is 2.19 bits per heavy atom. The van der Waals surface area contributed by atoms with Gasteiger partial charge in [-0.05, 0) is 32.9 Å². The van der Waals surface area contributed by atoms with Crippen LogP contribution in [0.3, 0.4) is 0 Å². The average molecular weight is 356 g/mol. The number of piperidine rings is 1. The van der Waals surface area contributed by atoms with E-state index >= 15 is 0 Å². The van der Waals surface area contributed by atoms with Crippen molar-refractivity contribution in [1.29, 1.82) is 5.41 Å². The van der Waals surface area contributed by atoms with Crippen molar-refractivity contribution < 1.29 is 4.52 Å². The molecule has 0 amide bonds. The summed E-state index contributed by atoms with van der Waals surface area (Å²) in [6, 6.07) is 2.11. The van der Waals surface area contributed by atoms with Crippen LogP contribution in [0.5, 0.6) is 0 Å². The number of aromatic nitrogens is 3. The van der Waals surface area contributed by atoms with Crippen molar-refractivity contribution >= 4 is 29.4 Å². The van der Waals surface area contributed by atoms with Crippen molar-refractivity contribution in [3.05, 3.63) is 29.8 Å². The normalized spacial score (nSPS) is 15.5. The van der Waals surface area contributed by atoms with Crippen LogP contribution in [0, 0.1) is 12.3 Å². The van der Waals surface area contributed by atoms with Crippen LogP contribution in [-0.2, 0) is 0 Å². The van der Waals surface area contributed by atoms with E-state index in [4.69, 9.17) is 9.93 Å². The first kappa shape index (κ1) is 17.9. The van der Waals surface area contributed by atoms with Crippen molar-refractivity contribution in [1.82, 2.24) is 25.8 Å². The van der Waals surface area contributed by atoms with Crippen LogP contribution in [0.4, 0.5) is 17.6 Å². The van der Waals surface area contributed by atoms with Gasteiger partial charge < -0.3 is 31.2 Å². The number of rotatable bonds is 7. The first-order valence-electron chi connectivity index (χ1n) is 8.62. The Bertz CT molecular complexity index is 779. The molecule has 138 valence electrons. The largest absolute Gasteiger partial charge is 0.393 e. The predicted octanol–water partition coefficient (Wildman–Crippen LogP) is 1.89. The summed E-state index contributed by atoms with van der Waals surface area (Å²) in [7, 11) is 1.80. The third-order valence-electron chi connectivity index (χ3n) is 4.10. The molecule has 1 saturated heterocycles. The summed E-state index contributed by atoms with van der Waals surface area (Å²) in [6.45, 7) is 3.78. The molecular formula is C17H24N8O. The highest BCUT2D eigenvalue weighted by molar-refractivity contribution is 6.10. The maximum absolute atomic E-state index is 7.69. The van der Waals surface area contributed by atoms with Crippen LogP contribution in [0.15, 0.2) is 23.0 Å². The molecule has 0 aliphatic carbocycles. The highest BCUT2D eigenvalue weighted by Gasteiger charge is 2.17. The van der Waals surface area contributed by atoms with Crippen molar-refractivity contribution in [3.8, 4) is 0 Å². The second kappa shape index (κ2) is 8.43. The Kier molecular flexibility index (Phi) is 5.80. The van der Waals surface area contributed by atoms with E-state index in [0.29, 0.717) is 35.0 Å². The van der Waals surface area contributed by atoms with Crippen LogP contribution in [0.1, 0.15) is 24.2 Å². The number of aryl methyl sites for hydroxylation is 1. The molecule has 0 radical (unpaired) electrons. The number of hydrogen-bond donors (Lipinski definition) is 5.